The van der Waals surface area contributed by atoms with Crippen molar-refractivity contribution in [2.45, 2.75) is 39.3 Å². The Morgan fingerprint density at radius 3 is 2.56 bits per heavy atom. The van der Waals surface area contributed by atoms with E-state index in [1.54, 1.807) is 0 Å². The Bertz CT molecular complexity index is 411. The normalized spacial score (nSPS) is 12.7. The van der Waals surface area contributed by atoms with E-state index in [0.717, 1.165) is 11.3 Å². The second-order valence-corrected chi connectivity index (χ2v) is 5.24. The molecule has 0 aliphatic carbocycles. The fourth-order valence-electron chi connectivity index (χ4n) is 1.53. The van der Waals surface area contributed by atoms with Gasteiger partial charge >= 0.3 is 6.09 Å². The van der Waals surface area contributed by atoms with Crippen LogP contribution in [0.15, 0.2) is 24.3 Å². The summed E-state index contributed by atoms with van der Waals surface area (Å²) in [5, 5.41) is 5.88. The molecule has 1 aromatic carbocycles. The third-order valence-electron chi connectivity index (χ3n) is 2.41. The lowest BCUT2D eigenvalue weighted by Gasteiger charge is -2.22. The Hall–Kier alpha value is -1.71. The van der Waals surface area contributed by atoms with Crippen LogP contribution in [-0.2, 0) is 4.74 Å². The molecule has 0 bridgehead atoms. The van der Waals surface area contributed by atoms with Crippen LogP contribution in [0.5, 0.6) is 0 Å². The molecule has 2 N–H and O–H groups in total. The molecule has 1 rings (SSSR count). The van der Waals surface area contributed by atoms with Crippen LogP contribution < -0.4 is 10.6 Å². The summed E-state index contributed by atoms with van der Waals surface area (Å²) < 4.78 is 5.22. The van der Waals surface area contributed by atoms with Crippen molar-refractivity contribution in [3.05, 3.63) is 29.8 Å². The number of nitrogens with one attached hydrogen (secondary N) is 2. The van der Waals surface area contributed by atoms with Gasteiger partial charge in [0.15, 0.2) is 0 Å². The lowest BCUT2D eigenvalue weighted by molar-refractivity contribution is 0.0508. The molecule has 0 saturated heterocycles. The fraction of sp³-hybridized carbons (Fsp3) is 0.500. The third-order valence-corrected chi connectivity index (χ3v) is 2.41. The van der Waals surface area contributed by atoms with Crippen molar-refractivity contribution in [3.8, 4) is 0 Å². The number of carbonyl (C=O) groups excluding carboxylic acids is 1. The number of ether oxygens (including phenoxy) is 1. The topological polar surface area (TPSA) is 50.4 Å². The summed E-state index contributed by atoms with van der Waals surface area (Å²) in [6.07, 6.45) is -0.398. The van der Waals surface area contributed by atoms with Gasteiger partial charge in [0.2, 0.25) is 0 Å². The van der Waals surface area contributed by atoms with Crippen LogP contribution in [0.4, 0.5) is 10.5 Å². The molecule has 0 fully saturated rings. The summed E-state index contributed by atoms with van der Waals surface area (Å²) >= 11 is 0. The van der Waals surface area contributed by atoms with E-state index in [4.69, 9.17) is 4.74 Å². The number of alkyl carbamates (subject to hydrolysis) is 1. The maximum Gasteiger partial charge on any atom is 0.408 e. The van der Waals surface area contributed by atoms with E-state index in [1.165, 1.54) is 0 Å². The van der Waals surface area contributed by atoms with E-state index < -0.39 is 11.7 Å². The highest BCUT2D eigenvalue weighted by molar-refractivity contribution is 5.68. The highest BCUT2D eigenvalue weighted by atomic mass is 16.6. The van der Waals surface area contributed by atoms with Gasteiger partial charge in [0.25, 0.3) is 0 Å². The average Bonchev–Trinajstić information content (AvgIpc) is 2.26. The van der Waals surface area contributed by atoms with E-state index in [-0.39, 0.29) is 6.04 Å². The number of hydrogen-bond acceptors (Lipinski definition) is 3. The van der Waals surface area contributed by atoms with Crippen LogP contribution >= 0.6 is 0 Å². The van der Waals surface area contributed by atoms with Gasteiger partial charge in [-0.1, -0.05) is 12.1 Å². The van der Waals surface area contributed by atoms with Gasteiger partial charge in [-0.2, -0.15) is 0 Å². The monoisotopic (exact) mass is 250 g/mol. The number of benzene rings is 1. The summed E-state index contributed by atoms with van der Waals surface area (Å²) in [7, 11) is 1.87. The molecule has 100 valence electrons. The van der Waals surface area contributed by atoms with E-state index in [1.807, 2.05) is 59.0 Å². The van der Waals surface area contributed by atoms with Gasteiger partial charge in [-0.05, 0) is 45.4 Å². The van der Waals surface area contributed by atoms with Gasteiger partial charge < -0.3 is 15.4 Å². The Kier molecular flexibility index (Phi) is 4.59. The zero-order valence-corrected chi connectivity index (χ0v) is 11.7. The smallest absolute Gasteiger partial charge is 0.408 e. The first-order valence-corrected chi connectivity index (χ1v) is 6.09. The number of hydrogen-bond donors (Lipinski definition) is 2. The molecule has 0 saturated carbocycles. The van der Waals surface area contributed by atoms with Gasteiger partial charge in [0.05, 0.1) is 6.04 Å². The molecule has 1 aromatic rings. The second kappa shape index (κ2) is 5.76. The summed E-state index contributed by atoms with van der Waals surface area (Å²) in [6, 6.07) is 7.82. The van der Waals surface area contributed by atoms with Crippen LogP contribution in [0.25, 0.3) is 0 Å². The van der Waals surface area contributed by atoms with Gasteiger partial charge in [0.1, 0.15) is 5.60 Å². The molecule has 0 spiro atoms. The zero-order chi connectivity index (χ0) is 13.8. The summed E-state index contributed by atoms with van der Waals surface area (Å²) in [5.41, 5.74) is 1.58. The molecular formula is C14H22N2O2. The highest BCUT2D eigenvalue weighted by Gasteiger charge is 2.18. The number of rotatable bonds is 3. The summed E-state index contributed by atoms with van der Waals surface area (Å²) in [6.45, 7) is 7.47. The molecule has 1 amide bonds. The second-order valence-electron chi connectivity index (χ2n) is 5.24. The number of carbonyl (C=O) groups is 1. The van der Waals surface area contributed by atoms with Gasteiger partial charge in [-0.25, -0.2) is 4.79 Å². The van der Waals surface area contributed by atoms with Crippen LogP contribution in [-0.4, -0.2) is 18.7 Å². The maximum absolute atomic E-state index is 11.6. The molecular weight excluding hydrogens is 228 g/mol. The predicted octanol–water partition coefficient (Wildman–Crippen LogP) is 3.31. The van der Waals surface area contributed by atoms with Crippen molar-refractivity contribution in [1.29, 1.82) is 0 Å². The summed E-state index contributed by atoms with van der Waals surface area (Å²) in [5.74, 6) is 0. The Balaban J connectivity index is 2.64. The van der Waals surface area contributed by atoms with E-state index >= 15 is 0 Å². The molecule has 1 atom stereocenters. The lowest BCUT2D eigenvalue weighted by Crippen LogP contribution is -2.34. The van der Waals surface area contributed by atoms with Crippen LogP contribution in [0.1, 0.15) is 39.3 Å². The van der Waals surface area contributed by atoms with E-state index in [9.17, 15) is 4.79 Å². The molecule has 4 heteroatoms. The predicted molar refractivity (Wildman–Crippen MR) is 73.8 cm³/mol. The molecule has 0 heterocycles. The minimum Gasteiger partial charge on any atom is -0.444 e. The van der Waals surface area contributed by atoms with E-state index in [2.05, 4.69) is 10.6 Å². The van der Waals surface area contributed by atoms with E-state index in [0.29, 0.717) is 0 Å². The SMILES string of the molecule is CNc1cccc(C(C)NC(=O)OC(C)(C)C)c1. The minimum atomic E-state index is -0.476. The van der Waals surface area contributed by atoms with Gasteiger partial charge in [0, 0.05) is 12.7 Å². The average molecular weight is 250 g/mol. The van der Waals surface area contributed by atoms with Crippen LogP contribution in [0, 0.1) is 0 Å². The largest absolute Gasteiger partial charge is 0.444 e. The van der Waals surface area contributed by atoms with Crippen LogP contribution in [0.3, 0.4) is 0 Å². The van der Waals surface area contributed by atoms with Crippen molar-refractivity contribution in [2.24, 2.45) is 0 Å². The van der Waals surface area contributed by atoms with Crippen molar-refractivity contribution in [3.63, 3.8) is 0 Å². The molecule has 0 aliphatic rings. The Labute approximate surface area is 109 Å². The quantitative estimate of drug-likeness (QED) is 0.865. The lowest BCUT2D eigenvalue weighted by atomic mass is 10.1. The van der Waals surface area contributed by atoms with Crippen molar-refractivity contribution in [1.82, 2.24) is 5.32 Å². The Morgan fingerprint density at radius 2 is 2.00 bits per heavy atom. The third kappa shape index (κ3) is 4.65. The molecule has 18 heavy (non-hydrogen) atoms. The van der Waals surface area contributed by atoms with Crippen LogP contribution in [0.2, 0.25) is 0 Å². The number of anilines is 1. The molecule has 4 nitrogen and oxygen atoms in total. The molecule has 1 unspecified atom stereocenters. The van der Waals surface area contributed by atoms with Crippen molar-refractivity contribution >= 4 is 11.8 Å². The zero-order valence-electron chi connectivity index (χ0n) is 11.7. The minimum absolute atomic E-state index is 0.0897. The van der Waals surface area contributed by atoms with Gasteiger partial charge in [-0.15, -0.1) is 0 Å². The molecule has 0 aliphatic heterocycles. The molecule has 0 radical (unpaired) electrons. The molecule has 0 aromatic heterocycles. The fourth-order valence-corrected chi connectivity index (χ4v) is 1.53. The number of amides is 1. The first-order chi connectivity index (χ1) is 8.31. The van der Waals surface area contributed by atoms with Crippen molar-refractivity contribution < 1.29 is 9.53 Å². The first-order valence-electron chi connectivity index (χ1n) is 6.09. The Morgan fingerprint density at radius 1 is 1.33 bits per heavy atom. The highest BCUT2D eigenvalue weighted by Crippen LogP contribution is 2.17. The van der Waals surface area contributed by atoms with Gasteiger partial charge in [-0.3, -0.25) is 0 Å². The van der Waals surface area contributed by atoms with Crippen molar-refractivity contribution in [2.75, 3.05) is 12.4 Å². The first kappa shape index (κ1) is 14.4. The maximum atomic E-state index is 11.6. The summed E-state index contributed by atoms with van der Waals surface area (Å²) in [4.78, 5) is 11.6. The standard InChI is InChI=1S/C14H22N2O2/c1-10(16-13(17)18-14(2,3)4)11-7-6-8-12(9-11)15-5/h6-10,15H,1-5H3,(H,16,17).